The molecule has 2 heterocycles. The number of likely N-dealkylation sites (tertiary alicyclic amines) is 1. The van der Waals surface area contributed by atoms with Crippen molar-refractivity contribution in [2.45, 2.75) is 12.6 Å². The first-order valence-electron chi connectivity index (χ1n) is 9.20. The van der Waals surface area contributed by atoms with Crippen LogP contribution < -0.4 is 4.74 Å². The smallest absolute Gasteiger partial charge is 0.296 e. The zero-order valence-electron chi connectivity index (χ0n) is 16.0. The first kappa shape index (κ1) is 20.0. The van der Waals surface area contributed by atoms with Crippen molar-refractivity contribution in [3.05, 3.63) is 93.9 Å². The molecule has 152 valence electrons. The fourth-order valence-electron chi connectivity index (χ4n) is 3.51. The van der Waals surface area contributed by atoms with E-state index in [4.69, 9.17) is 9.15 Å². The highest BCUT2D eigenvalue weighted by Gasteiger charge is 2.46. The maximum Gasteiger partial charge on any atom is 0.296 e. The van der Waals surface area contributed by atoms with Gasteiger partial charge in [-0.15, -0.1) is 0 Å². The van der Waals surface area contributed by atoms with Crippen LogP contribution in [0.5, 0.6) is 5.75 Å². The summed E-state index contributed by atoms with van der Waals surface area (Å²) in [6.45, 7) is 0.109. The van der Waals surface area contributed by atoms with E-state index in [1.807, 2.05) is 24.3 Å². The van der Waals surface area contributed by atoms with E-state index in [-0.39, 0.29) is 17.9 Å². The Bertz CT molecular complexity index is 1100. The van der Waals surface area contributed by atoms with E-state index in [1.165, 1.54) is 11.2 Å². The minimum absolute atomic E-state index is 0.0408. The van der Waals surface area contributed by atoms with Gasteiger partial charge >= 0.3 is 0 Å². The van der Waals surface area contributed by atoms with E-state index < -0.39 is 17.7 Å². The van der Waals surface area contributed by atoms with Crippen molar-refractivity contribution < 1.29 is 23.8 Å². The summed E-state index contributed by atoms with van der Waals surface area (Å²) < 4.78 is 11.4. The highest BCUT2D eigenvalue weighted by molar-refractivity contribution is 9.10. The molecular weight excluding hydrogens is 450 g/mol. The Labute approximate surface area is 181 Å². The summed E-state index contributed by atoms with van der Waals surface area (Å²) in [5.74, 6) is -0.485. The second-order valence-electron chi connectivity index (χ2n) is 6.79. The molecule has 1 N–H and O–H groups in total. The molecule has 1 aliphatic rings. The Morgan fingerprint density at radius 2 is 1.80 bits per heavy atom. The van der Waals surface area contributed by atoms with Crippen LogP contribution in [-0.4, -0.2) is 28.8 Å². The maximum absolute atomic E-state index is 13.0. The molecule has 0 aliphatic carbocycles. The number of ether oxygens (including phenoxy) is 1. The lowest BCUT2D eigenvalue weighted by Gasteiger charge is -2.24. The molecule has 4 rings (SSSR count). The summed E-state index contributed by atoms with van der Waals surface area (Å²) in [7, 11) is 1.54. The van der Waals surface area contributed by atoms with E-state index in [0.717, 1.165) is 4.47 Å². The highest BCUT2D eigenvalue weighted by atomic mass is 79.9. The summed E-state index contributed by atoms with van der Waals surface area (Å²) >= 11 is 3.40. The Morgan fingerprint density at radius 3 is 2.40 bits per heavy atom. The summed E-state index contributed by atoms with van der Waals surface area (Å²) in [4.78, 5) is 27.3. The number of halogens is 1. The number of rotatable bonds is 5. The van der Waals surface area contributed by atoms with Gasteiger partial charge in [0.15, 0.2) is 0 Å². The number of amides is 1. The first-order chi connectivity index (χ1) is 14.5. The number of ketones is 1. The molecule has 3 aromatic rings. The minimum atomic E-state index is -0.745. The van der Waals surface area contributed by atoms with Gasteiger partial charge in [-0.05, 0) is 54.1 Å². The topological polar surface area (TPSA) is 80.0 Å². The molecule has 2 aromatic carbocycles. The summed E-state index contributed by atoms with van der Waals surface area (Å²) in [5, 5.41) is 11.0. The molecular formula is C23H18BrNO5. The fourth-order valence-corrected chi connectivity index (χ4v) is 3.77. The summed E-state index contributed by atoms with van der Waals surface area (Å²) in [6, 6.07) is 16.7. The van der Waals surface area contributed by atoms with E-state index in [0.29, 0.717) is 22.6 Å². The SMILES string of the molecule is COc1ccc(/C(O)=C2\C(=O)C(=O)N(Cc3ccco3)C2c2ccc(Br)cc2)cc1. The van der Waals surface area contributed by atoms with Crippen LogP contribution >= 0.6 is 15.9 Å². The molecule has 0 bridgehead atoms. The largest absolute Gasteiger partial charge is 0.507 e. The quantitative estimate of drug-likeness (QED) is 0.335. The van der Waals surface area contributed by atoms with Crippen LogP contribution in [0, 0.1) is 0 Å². The van der Waals surface area contributed by atoms with Gasteiger partial charge in [-0.3, -0.25) is 9.59 Å². The molecule has 0 radical (unpaired) electrons. The molecule has 1 unspecified atom stereocenters. The Kier molecular flexibility index (Phi) is 5.46. The van der Waals surface area contributed by atoms with Gasteiger partial charge < -0.3 is 19.2 Å². The van der Waals surface area contributed by atoms with Crippen LogP contribution in [0.25, 0.3) is 5.76 Å². The van der Waals surface area contributed by atoms with E-state index in [2.05, 4.69) is 15.9 Å². The van der Waals surface area contributed by atoms with Crippen molar-refractivity contribution in [2.24, 2.45) is 0 Å². The van der Waals surface area contributed by atoms with Crippen LogP contribution in [0.15, 0.2) is 81.4 Å². The molecule has 6 nitrogen and oxygen atoms in total. The zero-order chi connectivity index (χ0) is 21.3. The van der Waals surface area contributed by atoms with Crippen molar-refractivity contribution in [3.63, 3.8) is 0 Å². The minimum Gasteiger partial charge on any atom is -0.507 e. The number of aliphatic hydroxyl groups excluding tert-OH is 1. The predicted octanol–water partition coefficient (Wildman–Crippen LogP) is 4.67. The lowest BCUT2D eigenvalue weighted by Crippen LogP contribution is -2.29. The maximum atomic E-state index is 13.0. The van der Waals surface area contributed by atoms with Crippen molar-refractivity contribution in [1.29, 1.82) is 0 Å². The van der Waals surface area contributed by atoms with Gasteiger partial charge in [-0.1, -0.05) is 28.1 Å². The fraction of sp³-hybridized carbons (Fsp3) is 0.130. The molecule has 1 amide bonds. The number of methoxy groups -OCH3 is 1. The van der Waals surface area contributed by atoms with Crippen molar-refractivity contribution in [1.82, 2.24) is 4.90 Å². The normalized spacial score (nSPS) is 18.1. The third-order valence-corrected chi connectivity index (χ3v) is 5.52. The lowest BCUT2D eigenvalue weighted by molar-refractivity contribution is -0.140. The van der Waals surface area contributed by atoms with E-state index in [1.54, 1.807) is 43.5 Å². The highest BCUT2D eigenvalue weighted by Crippen LogP contribution is 2.40. The number of hydrogen-bond donors (Lipinski definition) is 1. The number of carbonyl (C=O) groups is 2. The molecule has 7 heteroatoms. The van der Waals surface area contributed by atoms with Crippen LogP contribution in [0.3, 0.4) is 0 Å². The number of Topliss-reactive ketones (excluding diaryl/α,β-unsaturated/α-hetero) is 1. The molecule has 1 aromatic heterocycles. The molecule has 1 atom stereocenters. The van der Waals surface area contributed by atoms with Crippen LogP contribution in [0.2, 0.25) is 0 Å². The molecule has 0 saturated carbocycles. The Hall–Kier alpha value is -3.32. The van der Waals surface area contributed by atoms with Crippen LogP contribution in [0.4, 0.5) is 0 Å². The Morgan fingerprint density at radius 1 is 1.10 bits per heavy atom. The van der Waals surface area contributed by atoms with Crippen molar-refractivity contribution in [3.8, 4) is 5.75 Å². The van der Waals surface area contributed by atoms with Crippen LogP contribution in [-0.2, 0) is 16.1 Å². The summed E-state index contributed by atoms with van der Waals surface area (Å²) in [5.41, 5.74) is 1.17. The number of hydrogen-bond acceptors (Lipinski definition) is 5. The Balaban J connectivity index is 1.84. The van der Waals surface area contributed by atoms with Gasteiger partial charge in [0.2, 0.25) is 0 Å². The number of benzene rings is 2. The number of furan rings is 1. The van der Waals surface area contributed by atoms with Gasteiger partial charge in [0.05, 0.1) is 31.5 Å². The van der Waals surface area contributed by atoms with E-state index >= 15 is 0 Å². The molecule has 30 heavy (non-hydrogen) atoms. The predicted molar refractivity (Wildman–Crippen MR) is 114 cm³/mol. The van der Waals surface area contributed by atoms with Crippen molar-refractivity contribution in [2.75, 3.05) is 7.11 Å². The van der Waals surface area contributed by atoms with Gasteiger partial charge in [0.1, 0.15) is 17.3 Å². The molecule has 0 spiro atoms. The van der Waals surface area contributed by atoms with Crippen molar-refractivity contribution >= 4 is 33.4 Å². The second kappa shape index (κ2) is 8.20. The molecule has 1 aliphatic heterocycles. The number of aliphatic hydroxyl groups is 1. The first-order valence-corrected chi connectivity index (χ1v) is 9.99. The van der Waals surface area contributed by atoms with Gasteiger partial charge in [-0.2, -0.15) is 0 Å². The average molecular weight is 468 g/mol. The zero-order valence-corrected chi connectivity index (χ0v) is 17.6. The lowest BCUT2D eigenvalue weighted by atomic mass is 9.95. The van der Waals surface area contributed by atoms with Crippen LogP contribution in [0.1, 0.15) is 22.9 Å². The molecule has 1 saturated heterocycles. The average Bonchev–Trinajstić information content (AvgIpc) is 3.36. The third kappa shape index (κ3) is 3.64. The standard InChI is InChI=1S/C23H18BrNO5/c1-29-17-10-6-15(7-11-17)21(26)19-20(14-4-8-16(24)9-5-14)25(23(28)22(19)27)13-18-3-2-12-30-18/h2-12,20,26H,13H2,1H3/b21-19+. The molecule has 1 fully saturated rings. The second-order valence-corrected chi connectivity index (χ2v) is 7.70. The number of carbonyl (C=O) groups excluding carboxylic acids is 2. The monoisotopic (exact) mass is 467 g/mol. The van der Waals surface area contributed by atoms with Gasteiger partial charge in [0.25, 0.3) is 11.7 Å². The van der Waals surface area contributed by atoms with Gasteiger partial charge in [-0.25, -0.2) is 0 Å². The summed E-state index contributed by atoms with van der Waals surface area (Å²) in [6.07, 6.45) is 1.51. The van der Waals surface area contributed by atoms with Gasteiger partial charge in [0, 0.05) is 10.0 Å². The van der Waals surface area contributed by atoms with E-state index in [9.17, 15) is 14.7 Å². The third-order valence-electron chi connectivity index (χ3n) is 5.00. The number of nitrogens with zero attached hydrogens (tertiary/aromatic N) is 1.